The predicted molar refractivity (Wildman–Crippen MR) is 80.7 cm³/mol. The molecule has 0 radical (unpaired) electrons. The lowest BCUT2D eigenvalue weighted by atomic mass is 9.89. The molecule has 0 aliphatic carbocycles. The van der Waals surface area contributed by atoms with Crippen LogP contribution in [-0.2, 0) is 0 Å². The van der Waals surface area contributed by atoms with Crippen LogP contribution in [-0.4, -0.2) is 9.97 Å². The van der Waals surface area contributed by atoms with Gasteiger partial charge >= 0.3 is 5.69 Å². The van der Waals surface area contributed by atoms with Crippen LogP contribution in [0.5, 0.6) is 0 Å². The van der Waals surface area contributed by atoms with Gasteiger partial charge in [-0.05, 0) is 23.3 Å². The van der Waals surface area contributed by atoms with E-state index in [-0.39, 0.29) is 17.6 Å². The number of H-pyrrole nitrogens is 2. The lowest BCUT2D eigenvalue weighted by Crippen LogP contribution is -2.17. The van der Waals surface area contributed by atoms with Crippen molar-refractivity contribution in [3.8, 4) is 0 Å². The Hall–Kier alpha value is -2.33. The van der Waals surface area contributed by atoms with Gasteiger partial charge in [0, 0.05) is 12.0 Å². The molecule has 2 unspecified atom stereocenters. The lowest BCUT2D eigenvalue weighted by Gasteiger charge is -2.20. The van der Waals surface area contributed by atoms with E-state index in [2.05, 4.69) is 29.0 Å². The minimum Gasteiger partial charge on any atom is -0.323 e. The van der Waals surface area contributed by atoms with Crippen LogP contribution in [0.25, 0.3) is 11.0 Å². The minimum absolute atomic E-state index is 0.111. The topological polar surface area (TPSA) is 74.7 Å². The molecule has 3 aromatic rings. The molecule has 0 aliphatic heterocycles. The number of benzene rings is 2. The van der Waals surface area contributed by atoms with E-state index in [4.69, 9.17) is 5.73 Å². The highest BCUT2D eigenvalue weighted by atomic mass is 16.1. The Morgan fingerprint density at radius 2 is 1.65 bits per heavy atom. The monoisotopic (exact) mass is 267 g/mol. The molecular formula is C16H17N3O. The van der Waals surface area contributed by atoms with Gasteiger partial charge in [0.15, 0.2) is 0 Å². The van der Waals surface area contributed by atoms with Crippen LogP contribution >= 0.6 is 0 Å². The summed E-state index contributed by atoms with van der Waals surface area (Å²) in [6.07, 6.45) is 0. The summed E-state index contributed by atoms with van der Waals surface area (Å²) in [5, 5.41) is 0. The molecule has 4 heteroatoms. The Bertz CT molecular complexity index is 773. The van der Waals surface area contributed by atoms with Crippen molar-refractivity contribution < 1.29 is 0 Å². The maximum absolute atomic E-state index is 11.3. The van der Waals surface area contributed by atoms with Crippen molar-refractivity contribution in [3.05, 3.63) is 70.1 Å². The van der Waals surface area contributed by atoms with E-state index in [1.807, 2.05) is 36.4 Å². The summed E-state index contributed by atoms with van der Waals surface area (Å²) in [6, 6.07) is 15.9. The fourth-order valence-electron chi connectivity index (χ4n) is 2.51. The van der Waals surface area contributed by atoms with Crippen LogP contribution in [0.3, 0.4) is 0 Å². The summed E-state index contributed by atoms with van der Waals surface area (Å²) in [5.74, 6) is 0.208. The molecule has 2 atom stereocenters. The van der Waals surface area contributed by atoms with Gasteiger partial charge in [0.05, 0.1) is 11.0 Å². The van der Waals surface area contributed by atoms with Crippen LogP contribution in [0, 0.1) is 0 Å². The van der Waals surface area contributed by atoms with Crippen molar-refractivity contribution >= 4 is 11.0 Å². The molecule has 0 aliphatic rings. The van der Waals surface area contributed by atoms with E-state index in [1.165, 1.54) is 5.56 Å². The van der Waals surface area contributed by atoms with Gasteiger partial charge in [0.2, 0.25) is 0 Å². The Morgan fingerprint density at radius 3 is 2.40 bits per heavy atom. The van der Waals surface area contributed by atoms with Crippen molar-refractivity contribution in [3.63, 3.8) is 0 Å². The summed E-state index contributed by atoms with van der Waals surface area (Å²) in [7, 11) is 0. The zero-order valence-electron chi connectivity index (χ0n) is 11.3. The first-order valence-electron chi connectivity index (χ1n) is 6.67. The number of hydrogen-bond donors (Lipinski definition) is 3. The van der Waals surface area contributed by atoms with Crippen LogP contribution in [0.2, 0.25) is 0 Å². The third kappa shape index (κ3) is 2.26. The third-order valence-corrected chi connectivity index (χ3v) is 3.79. The molecule has 0 fully saturated rings. The normalized spacial score (nSPS) is 14.3. The summed E-state index contributed by atoms with van der Waals surface area (Å²) in [4.78, 5) is 16.8. The number of imidazole rings is 1. The van der Waals surface area contributed by atoms with Crippen LogP contribution in [0.15, 0.2) is 53.3 Å². The second-order valence-corrected chi connectivity index (χ2v) is 5.11. The molecule has 1 heterocycles. The lowest BCUT2D eigenvalue weighted by molar-refractivity contribution is 0.598. The summed E-state index contributed by atoms with van der Waals surface area (Å²) >= 11 is 0. The van der Waals surface area contributed by atoms with Crippen molar-refractivity contribution in [2.75, 3.05) is 0 Å². The quantitative estimate of drug-likeness (QED) is 0.682. The highest BCUT2D eigenvalue weighted by molar-refractivity contribution is 5.75. The number of fused-ring (bicyclic) bond motifs is 1. The molecule has 1 aromatic heterocycles. The fraction of sp³-hybridized carbons (Fsp3) is 0.188. The molecule has 0 spiro atoms. The van der Waals surface area contributed by atoms with E-state index >= 15 is 0 Å². The second kappa shape index (κ2) is 4.98. The standard InChI is InChI=1S/C16H17N3O/c1-10(11-5-3-2-4-6-11)15(17)12-7-8-13-14(9-12)19-16(20)18-13/h2-10,15H,17H2,1H3,(H2,18,19,20). The molecule has 0 amide bonds. The van der Waals surface area contributed by atoms with Gasteiger partial charge < -0.3 is 15.7 Å². The third-order valence-electron chi connectivity index (χ3n) is 3.79. The number of hydrogen-bond acceptors (Lipinski definition) is 2. The first-order valence-corrected chi connectivity index (χ1v) is 6.67. The Labute approximate surface area is 116 Å². The Balaban J connectivity index is 1.95. The molecule has 0 saturated carbocycles. The molecule has 102 valence electrons. The van der Waals surface area contributed by atoms with E-state index < -0.39 is 0 Å². The maximum Gasteiger partial charge on any atom is 0.323 e. The van der Waals surface area contributed by atoms with Gasteiger partial charge in [-0.2, -0.15) is 0 Å². The van der Waals surface area contributed by atoms with Gasteiger partial charge in [-0.15, -0.1) is 0 Å². The minimum atomic E-state index is -0.193. The summed E-state index contributed by atoms with van der Waals surface area (Å²) in [6.45, 7) is 2.12. The largest absolute Gasteiger partial charge is 0.323 e. The number of nitrogens with one attached hydrogen (secondary N) is 2. The van der Waals surface area contributed by atoms with Crippen LogP contribution in [0.4, 0.5) is 0 Å². The van der Waals surface area contributed by atoms with Gasteiger partial charge in [-0.1, -0.05) is 43.3 Å². The number of aromatic nitrogens is 2. The first-order chi connectivity index (χ1) is 9.65. The smallest absolute Gasteiger partial charge is 0.323 e. The molecule has 2 aromatic carbocycles. The zero-order valence-corrected chi connectivity index (χ0v) is 11.3. The SMILES string of the molecule is CC(c1ccccc1)C(N)c1ccc2[nH]c(=O)[nH]c2c1. The van der Waals surface area contributed by atoms with Crippen LogP contribution in [0.1, 0.15) is 30.0 Å². The highest BCUT2D eigenvalue weighted by Crippen LogP contribution is 2.29. The molecule has 3 rings (SSSR count). The molecule has 4 N–H and O–H groups in total. The Kier molecular flexibility index (Phi) is 3.16. The molecule has 4 nitrogen and oxygen atoms in total. The van der Waals surface area contributed by atoms with E-state index in [0.717, 1.165) is 16.6 Å². The van der Waals surface area contributed by atoms with Crippen molar-refractivity contribution in [1.82, 2.24) is 9.97 Å². The summed E-state index contributed by atoms with van der Waals surface area (Å²) < 4.78 is 0. The van der Waals surface area contributed by atoms with Gasteiger partial charge in [-0.3, -0.25) is 0 Å². The summed E-state index contributed by atoms with van der Waals surface area (Å²) in [5.41, 5.74) is 10.0. The predicted octanol–water partition coefficient (Wildman–Crippen LogP) is 2.66. The first kappa shape index (κ1) is 12.7. The average Bonchev–Trinajstić information content (AvgIpc) is 2.85. The fourth-order valence-corrected chi connectivity index (χ4v) is 2.51. The van der Waals surface area contributed by atoms with Crippen LogP contribution < -0.4 is 11.4 Å². The molecule has 0 bridgehead atoms. The maximum atomic E-state index is 11.3. The average molecular weight is 267 g/mol. The second-order valence-electron chi connectivity index (χ2n) is 5.11. The van der Waals surface area contributed by atoms with Gasteiger partial charge in [-0.25, -0.2) is 4.79 Å². The number of aromatic amines is 2. The zero-order chi connectivity index (χ0) is 14.1. The Morgan fingerprint density at radius 1 is 0.950 bits per heavy atom. The highest BCUT2D eigenvalue weighted by Gasteiger charge is 2.17. The van der Waals surface area contributed by atoms with Gasteiger partial charge in [0.1, 0.15) is 0 Å². The molecule has 20 heavy (non-hydrogen) atoms. The molecular weight excluding hydrogens is 250 g/mol. The van der Waals surface area contributed by atoms with E-state index in [1.54, 1.807) is 0 Å². The van der Waals surface area contributed by atoms with Gasteiger partial charge in [0.25, 0.3) is 0 Å². The van der Waals surface area contributed by atoms with Crippen molar-refractivity contribution in [1.29, 1.82) is 0 Å². The van der Waals surface area contributed by atoms with Crippen molar-refractivity contribution in [2.24, 2.45) is 5.73 Å². The number of nitrogens with two attached hydrogens (primary N) is 1. The van der Waals surface area contributed by atoms with E-state index in [0.29, 0.717) is 0 Å². The van der Waals surface area contributed by atoms with E-state index in [9.17, 15) is 4.79 Å². The number of rotatable bonds is 3. The molecule has 0 saturated heterocycles. The van der Waals surface area contributed by atoms with Crippen molar-refractivity contribution in [2.45, 2.75) is 18.9 Å².